The van der Waals surface area contributed by atoms with Crippen molar-refractivity contribution in [3.63, 3.8) is 0 Å². The Hall–Kier alpha value is -2.83. The van der Waals surface area contributed by atoms with E-state index >= 15 is 0 Å². The number of hydrogen-bond donors (Lipinski definition) is 1. The Morgan fingerprint density at radius 3 is 2.24 bits per heavy atom. The van der Waals surface area contributed by atoms with Gasteiger partial charge in [-0.05, 0) is 72.9 Å². The minimum Gasteiger partial charge on any atom is -0.327 e. The second kappa shape index (κ2) is 11.9. The Morgan fingerprint density at radius 2 is 1.70 bits per heavy atom. The highest BCUT2D eigenvalue weighted by molar-refractivity contribution is 6.30. The third-order valence-electron chi connectivity index (χ3n) is 4.74. The highest BCUT2D eigenvalue weighted by atomic mass is 35.5. The van der Waals surface area contributed by atoms with Gasteiger partial charge in [-0.2, -0.15) is 13.2 Å². The number of pyridine rings is 1. The summed E-state index contributed by atoms with van der Waals surface area (Å²) in [6, 6.07) is 13.4. The van der Waals surface area contributed by atoms with Gasteiger partial charge in [0.1, 0.15) is 5.15 Å². The molecule has 0 aliphatic rings. The predicted molar refractivity (Wildman–Crippen MR) is 129 cm³/mol. The van der Waals surface area contributed by atoms with E-state index in [1.807, 2.05) is 32.0 Å². The van der Waals surface area contributed by atoms with Crippen LogP contribution in [0.2, 0.25) is 10.2 Å². The molecule has 1 N–H and O–H groups in total. The molecule has 0 saturated carbocycles. The van der Waals surface area contributed by atoms with E-state index in [2.05, 4.69) is 10.3 Å². The first-order valence-electron chi connectivity index (χ1n) is 9.90. The lowest BCUT2D eigenvalue weighted by Crippen LogP contribution is -2.19. The third-order valence-corrected chi connectivity index (χ3v) is 5.18. The fourth-order valence-electron chi connectivity index (χ4n) is 2.96. The summed E-state index contributed by atoms with van der Waals surface area (Å²) in [7, 11) is 0. The molecule has 1 unspecified atom stereocenters. The zero-order valence-corrected chi connectivity index (χ0v) is 19.8. The molecule has 0 radical (unpaired) electrons. The molecule has 1 amide bonds. The molecule has 0 spiro atoms. The molecule has 2 aromatic carbocycles. The molecule has 0 fully saturated rings. The molecular weight excluding hydrogens is 472 g/mol. The first kappa shape index (κ1) is 26.4. The molecule has 3 rings (SSSR count). The van der Waals surface area contributed by atoms with Crippen molar-refractivity contribution in [1.82, 2.24) is 4.98 Å². The van der Waals surface area contributed by atoms with Gasteiger partial charge in [-0.15, -0.1) is 0 Å². The average Bonchev–Trinajstić information content (AvgIpc) is 2.71. The summed E-state index contributed by atoms with van der Waals surface area (Å²) in [6.07, 6.45) is 0.408. The smallest absolute Gasteiger partial charge is 0.327 e. The summed E-state index contributed by atoms with van der Waals surface area (Å²) in [5.41, 5.74) is 4.42. The third kappa shape index (κ3) is 8.56. The molecule has 1 aromatic heterocycles. The van der Waals surface area contributed by atoms with Crippen molar-refractivity contribution in [2.75, 3.05) is 5.32 Å². The standard InChI is InChI=1S/C19H18ClF3.C6H5ClN2O/c1-12-8-16(11-17(20)9-12)18(19(21,22)23)7-6-15-5-4-13(2)14(3)10-15;7-6-2-1-5(3-8-6)9-4-10/h4-11,18H,1-3H3;1-4H,(H,9,10)/b7-6+;. The zero-order valence-electron chi connectivity index (χ0n) is 18.3. The van der Waals surface area contributed by atoms with Gasteiger partial charge in [0.25, 0.3) is 0 Å². The van der Waals surface area contributed by atoms with E-state index in [4.69, 9.17) is 23.2 Å². The van der Waals surface area contributed by atoms with Crippen LogP contribution in [-0.2, 0) is 4.79 Å². The normalized spacial score (nSPS) is 12.1. The fourth-order valence-corrected chi connectivity index (χ4v) is 3.37. The van der Waals surface area contributed by atoms with Gasteiger partial charge >= 0.3 is 6.18 Å². The van der Waals surface area contributed by atoms with E-state index in [-0.39, 0.29) is 5.56 Å². The van der Waals surface area contributed by atoms with Gasteiger partial charge in [0.2, 0.25) is 6.41 Å². The number of benzene rings is 2. The second-order valence-electron chi connectivity index (χ2n) is 7.42. The maximum absolute atomic E-state index is 13.4. The van der Waals surface area contributed by atoms with E-state index in [9.17, 15) is 18.0 Å². The largest absolute Gasteiger partial charge is 0.399 e. The van der Waals surface area contributed by atoms with E-state index in [1.165, 1.54) is 30.5 Å². The second-order valence-corrected chi connectivity index (χ2v) is 8.24. The predicted octanol–water partition coefficient (Wildman–Crippen LogP) is 7.93. The Balaban J connectivity index is 0.000000321. The van der Waals surface area contributed by atoms with E-state index in [0.29, 0.717) is 27.8 Å². The number of amides is 1. The first-order chi connectivity index (χ1) is 15.5. The number of alkyl halides is 3. The van der Waals surface area contributed by atoms with E-state index < -0.39 is 12.1 Å². The highest BCUT2D eigenvalue weighted by Gasteiger charge is 2.39. The van der Waals surface area contributed by atoms with Crippen LogP contribution in [0.25, 0.3) is 6.08 Å². The minimum absolute atomic E-state index is 0.155. The van der Waals surface area contributed by atoms with Crippen molar-refractivity contribution in [1.29, 1.82) is 0 Å². The summed E-state index contributed by atoms with van der Waals surface area (Å²) < 4.78 is 40.3. The van der Waals surface area contributed by atoms with Gasteiger partial charge in [0.05, 0.1) is 17.8 Å². The number of halogens is 5. The van der Waals surface area contributed by atoms with Crippen LogP contribution in [0.4, 0.5) is 18.9 Å². The SMILES string of the molecule is Cc1cc(Cl)cc(C(/C=C/c2ccc(C)c(C)c2)C(F)(F)F)c1.O=CNc1ccc(Cl)nc1. The van der Waals surface area contributed by atoms with Crippen molar-refractivity contribution in [2.45, 2.75) is 32.9 Å². The lowest BCUT2D eigenvalue weighted by atomic mass is 9.95. The lowest BCUT2D eigenvalue weighted by Gasteiger charge is -2.18. The summed E-state index contributed by atoms with van der Waals surface area (Å²) in [4.78, 5) is 13.6. The number of rotatable bonds is 5. The number of hydrogen-bond acceptors (Lipinski definition) is 2. The van der Waals surface area contributed by atoms with Crippen LogP contribution in [0.3, 0.4) is 0 Å². The Kier molecular flexibility index (Phi) is 9.50. The van der Waals surface area contributed by atoms with Crippen LogP contribution < -0.4 is 5.32 Å². The molecule has 3 nitrogen and oxygen atoms in total. The van der Waals surface area contributed by atoms with Crippen LogP contribution in [0.5, 0.6) is 0 Å². The van der Waals surface area contributed by atoms with Gasteiger partial charge in [0, 0.05) is 5.02 Å². The molecule has 0 saturated heterocycles. The van der Waals surface area contributed by atoms with E-state index in [0.717, 1.165) is 16.7 Å². The molecule has 174 valence electrons. The molecule has 1 atom stereocenters. The fraction of sp³-hybridized carbons (Fsp3) is 0.200. The molecule has 33 heavy (non-hydrogen) atoms. The number of aromatic nitrogens is 1. The summed E-state index contributed by atoms with van der Waals surface area (Å²) in [5, 5.41) is 3.16. The maximum Gasteiger partial charge on any atom is 0.399 e. The number of carbonyl (C=O) groups excluding carboxylic acids is 1. The Morgan fingerprint density at radius 1 is 0.970 bits per heavy atom. The summed E-state index contributed by atoms with van der Waals surface area (Å²) in [5.74, 6) is -1.68. The summed E-state index contributed by atoms with van der Waals surface area (Å²) in [6.45, 7) is 5.64. The molecule has 3 aromatic rings. The monoisotopic (exact) mass is 494 g/mol. The van der Waals surface area contributed by atoms with Crippen LogP contribution in [0.1, 0.15) is 33.7 Å². The van der Waals surface area contributed by atoms with E-state index in [1.54, 1.807) is 25.1 Å². The molecule has 0 bridgehead atoms. The van der Waals surface area contributed by atoms with Crippen LogP contribution in [0.15, 0.2) is 60.8 Å². The number of nitrogens with zero attached hydrogens (tertiary/aromatic N) is 1. The van der Waals surface area contributed by atoms with Gasteiger partial charge in [-0.1, -0.05) is 59.6 Å². The average molecular weight is 495 g/mol. The molecule has 0 aliphatic heterocycles. The van der Waals surface area contributed by atoms with Crippen molar-refractivity contribution in [3.8, 4) is 0 Å². The molecule has 8 heteroatoms. The molecular formula is C25H23Cl2F3N2O. The van der Waals surface area contributed by atoms with Gasteiger partial charge in [0.15, 0.2) is 0 Å². The van der Waals surface area contributed by atoms with Gasteiger partial charge in [-0.25, -0.2) is 4.98 Å². The minimum atomic E-state index is -4.37. The van der Waals surface area contributed by atoms with Crippen LogP contribution in [-0.4, -0.2) is 17.6 Å². The molecule has 1 heterocycles. The van der Waals surface area contributed by atoms with Crippen LogP contribution in [0, 0.1) is 20.8 Å². The number of allylic oxidation sites excluding steroid dienone is 1. The summed E-state index contributed by atoms with van der Waals surface area (Å²) >= 11 is 11.4. The molecule has 0 aliphatic carbocycles. The van der Waals surface area contributed by atoms with Crippen molar-refractivity contribution in [2.24, 2.45) is 0 Å². The van der Waals surface area contributed by atoms with Gasteiger partial charge < -0.3 is 5.32 Å². The Labute approximate surface area is 201 Å². The van der Waals surface area contributed by atoms with Gasteiger partial charge in [-0.3, -0.25) is 4.79 Å². The number of nitrogens with one attached hydrogen (secondary N) is 1. The van der Waals surface area contributed by atoms with Crippen molar-refractivity contribution < 1.29 is 18.0 Å². The number of carbonyl (C=O) groups is 1. The number of aryl methyl sites for hydroxylation is 3. The van der Waals surface area contributed by atoms with Crippen molar-refractivity contribution >= 4 is 41.4 Å². The maximum atomic E-state index is 13.4. The first-order valence-corrected chi connectivity index (χ1v) is 10.7. The van der Waals surface area contributed by atoms with Crippen LogP contribution >= 0.6 is 23.2 Å². The zero-order chi connectivity index (χ0) is 24.6. The Bertz CT molecular complexity index is 1090. The number of anilines is 1. The quantitative estimate of drug-likeness (QED) is 0.289. The van der Waals surface area contributed by atoms with Crippen molar-refractivity contribution in [3.05, 3.63) is 98.8 Å². The topological polar surface area (TPSA) is 42.0 Å². The highest BCUT2D eigenvalue weighted by Crippen LogP contribution is 2.37. The lowest BCUT2D eigenvalue weighted by molar-refractivity contribution is -0.139.